The minimum atomic E-state index is -0.591. The number of nitrogens with two attached hydrogens (primary N) is 1. The van der Waals surface area contributed by atoms with Crippen LogP contribution in [0.3, 0.4) is 0 Å². The molecule has 0 aliphatic rings. The van der Waals surface area contributed by atoms with Crippen molar-refractivity contribution in [3.63, 3.8) is 0 Å². The molecule has 3 aromatic rings. The van der Waals surface area contributed by atoms with Crippen LogP contribution in [0, 0.1) is 25.2 Å². The van der Waals surface area contributed by atoms with Gasteiger partial charge < -0.3 is 11.1 Å². The minimum absolute atomic E-state index is 0.197. The third-order valence-corrected chi connectivity index (χ3v) is 5.09. The molecule has 152 valence electrons. The van der Waals surface area contributed by atoms with Gasteiger partial charge in [0.15, 0.2) is 0 Å². The van der Waals surface area contributed by atoms with Crippen molar-refractivity contribution in [2.45, 2.75) is 20.3 Å². The number of nitriles is 1. The lowest BCUT2D eigenvalue weighted by atomic mass is 10.0. The van der Waals surface area contributed by atoms with E-state index in [2.05, 4.69) is 16.5 Å². The number of halogens is 1. The number of primary amides is 1. The average Bonchev–Trinajstić information content (AvgIpc) is 3.00. The van der Waals surface area contributed by atoms with Crippen LogP contribution < -0.4 is 11.1 Å². The van der Waals surface area contributed by atoms with Crippen LogP contribution in [0.5, 0.6) is 0 Å². The van der Waals surface area contributed by atoms with E-state index in [0.717, 1.165) is 28.2 Å². The van der Waals surface area contributed by atoms with Crippen molar-refractivity contribution in [3.05, 3.63) is 81.1 Å². The number of nitrogens with one attached hydrogen (secondary N) is 1. The summed E-state index contributed by atoms with van der Waals surface area (Å²) in [5.74, 6) is -0.940. The third-order valence-electron chi connectivity index (χ3n) is 4.78. The number of hydrogen-bond acceptors (Lipinski definition) is 4. The summed E-state index contributed by atoms with van der Waals surface area (Å²) in [7, 11) is 0. The van der Waals surface area contributed by atoms with E-state index in [4.69, 9.17) is 22.6 Å². The van der Waals surface area contributed by atoms with E-state index in [1.807, 2.05) is 36.7 Å². The van der Waals surface area contributed by atoms with Crippen LogP contribution in [-0.2, 0) is 11.2 Å². The molecule has 0 saturated carbocycles. The molecule has 0 bridgehead atoms. The van der Waals surface area contributed by atoms with Gasteiger partial charge in [-0.2, -0.15) is 10.4 Å². The number of hydrogen-bond donors (Lipinski definition) is 2. The summed E-state index contributed by atoms with van der Waals surface area (Å²) in [6.07, 6.45) is 0.644. The molecule has 7 nitrogen and oxygen atoms in total. The van der Waals surface area contributed by atoms with Crippen molar-refractivity contribution in [2.24, 2.45) is 5.73 Å². The van der Waals surface area contributed by atoms with E-state index in [1.165, 1.54) is 0 Å². The van der Waals surface area contributed by atoms with Gasteiger partial charge in [-0.15, -0.1) is 0 Å². The van der Waals surface area contributed by atoms with E-state index in [1.54, 1.807) is 24.3 Å². The lowest BCUT2D eigenvalue weighted by Crippen LogP contribution is -2.33. The highest BCUT2D eigenvalue weighted by atomic mass is 35.5. The summed E-state index contributed by atoms with van der Waals surface area (Å²) in [6, 6.07) is 14.4. The van der Waals surface area contributed by atoms with Crippen LogP contribution in [0.1, 0.15) is 38.4 Å². The highest BCUT2D eigenvalue weighted by molar-refractivity contribution is 6.31. The first-order valence-corrected chi connectivity index (χ1v) is 9.58. The number of amides is 2. The predicted octanol–water partition coefficient (Wildman–Crippen LogP) is 2.82. The van der Waals surface area contributed by atoms with Crippen molar-refractivity contribution in [3.8, 4) is 11.8 Å². The predicted molar refractivity (Wildman–Crippen MR) is 114 cm³/mol. The van der Waals surface area contributed by atoms with E-state index >= 15 is 0 Å². The first kappa shape index (κ1) is 21.1. The van der Waals surface area contributed by atoms with Crippen LogP contribution >= 0.6 is 11.6 Å². The SMILES string of the molecule is Cc1nn(-c2ccc(C#N)c(Cl)c2)c(C)c1Cc1ccc(C(=O)NCC(N)=O)cc1. The smallest absolute Gasteiger partial charge is 0.251 e. The lowest BCUT2D eigenvalue weighted by Gasteiger charge is -2.08. The Labute approximate surface area is 179 Å². The summed E-state index contributed by atoms with van der Waals surface area (Å²) in [6.45, 7) is 3.72. The molecule has 3 rings (SSSR count). The molecule has 0 aliphatic heterocycles. The maximum absolute atomic E-state index is 12.0. The Bertz CT molecular complexity index is 1160. The fourth-order valence-corrected chi connectivity index (χ4v) is 3.37. The largest absolute Gasteiger partial charge is 0.368 e. The standard InChI is InChI=1S/C22H20ClN5O2/c1-13-19(9-15-3-5-16(6-4-15)22(30)26-12-21(25)29)14(2)28(27-13)18-8-7-17(11-24)20(23)10-18/h3-8,10H,9,12H2,1-2H3,(H2,25,29)(H,26,30). The molecule has 3 N–H and O–H groups in total. The van der Waals surface area contributed by atoms with Gasteiger partial charge in [0.25, 0.3) is 5.91 Å². The fraction of sp³-hybridized carbons (Fsp3) is 0.182. The Morgan fingerprint density at radius 3 is 2.50 bits per heavy atom. The van der Waals surface area contributed by atoms with Gasteiger partial charge in [0.05, 0.1) is 28.5 Å². The van der Waals surface area contributed by atoms with Crippen LogP contribution in [0.4, 0.5) is 0 Å². The van der Waals surface area contributed by atoms with Crippen molar-refractivity contribution >= 4 is 23.4 Å². The van der Waals surface area contributed by atoms with Crippen LogP contribution in [-0.4, -0.2) is 28.1 Å². The normalized spacial score (nSPS) is 10.5. The second kappa shape index (κ2) is 8.80. The number of nitrogens with zero attached hydrogens (tertiary/aromatic N) is 3. The van der Waals surface area contributed by atoms with E-state index in [9.17, 15) is 9.59 Å². The second-order valence-corrected chi connectivity index (χ2v) is 7.27. The fourth-order valence-electron chi connectivity index (χ4n) is 3.16. The Morgan fingerprint density at radius 1 is 1.20 bits per heavy atom. The quantitative estimate of drug-likeness (QED) is 0.636. The molecule has 2 aromatic carbocycles. The van der Waals surface area contributed by atoms with Gasteiger partial charge in [-0.25, -0.2) is 4.68 Å². The average molecular weight is 422 g/mol. The number of rotatable bonds is 6. The molecule has 1 aromatic heterocycles. The maximum Gasteiger partial charge on any atom is 0.251 e. The zero-order valence-corrected chi connectivity index (χ0v) is 17.3. The summed E-state index contributed by atoms with van der Waals surface area (Å²) < 4.78 is 1.81. The first-order chi connectivity index (χ1) is 14.3. The monoisotopic (exact) mass is 421 g/mol. The molecule has 0 spiro atoms. The van der Waals surface area contributed by atoms with Crippen molar-refractivity contribution in [1.82, 2.24) is 15.1 Å². The molecule has 0 saturated heterocycles. The van der Waals surface area contributed by atoms with Crippen molar-refractivity contribution < 1.29 is 9.59 Å². The molecule has 30 heavy (non-hydrogen) atoms. The molecule has 8 heteroatoms. The highest BCUT2D eigenvalue weighted by Gasteiger charge is 2.15. The summed E-state index contributed by atoms with van der Waals surface area (Å²) >= 11 is 6.17. The van der Waals surface area contributed by atoms with Crippen LogP contribution in [0.15, 0.2) is 42.5 Å². The second-order valence-electron chi connectivity index (χ2n) is 6.86. The lowest BCUT2D eigenvalue weighted by molar-refractivity contribution is -0.117. The third kappa shape index (κ3) is 4.50. The Balaban J connectivity index is 1.81. The van der Waals surface area contributed by atoms with Gasteiger partial charge in [-0.1, -0.05) is 23.7 Å². The van der Waals surface area contributed by atoms with Crippen molar-refractivity contribution in [1.29, 1.82) is 5.26 Å². The van der Waals surface area contributed by atoms with Crippen LogP contribution in [0.25, 0.3) is 5.69 Å². The Kier molecular flexibility index (Phi) is 6.19. The number of carbonyl (C=O) groups is 2. The molecule has 0 radical (unpaired) electrons. The maximum atomic E-state index is 12.0. The summed E-state index contributed by atoms with van der Waals surface area (Å²) in [5.41, 5.74) is 10.6. The van der Waals surface area contributed by atoms with E-state index in [-0.39, 0.29) is 12.5 Å². The topological polar surface area (TPSA) is 114 Å². The molecular weight excluding hydrogens is 402 g/mol. The summed E-state index contributed by atoms with van der Waals surface area (Å²) in [4.78, 5) is 22.8. The van der Waals surface area contributed by atoms with Gasteiger partial charge in [0.2, 0.25) is 5.91 Å². The van der Waals surface area contributed by atoms with E-state index in [0.29, 0.717) is 22.6 Å². The summed E-state index contributed by atoms with van der Waals surface area (Å²) in [5, 5.41) is 16.5. The molecule has 0 fully saturated rings. The van der Waals surface area contributed by atoms with Gasteiger partial charge in [0, 0.05) is 23.2 Å². The van der Waals surface area contributed by atoms with Crippen molar-refractivity contribution in [2.75, 3.05) is 6.54 Å². The molecular formula is C22H20ClN5O2. The molecule has 0 unspecified atom stereocenters. The number of aromatic nitrogens is 2. The molecule has 1 heterocycles. The number of carbonyl (C=O) groups excluding carboxylic acids is 2. The first-order valence-electron chi connectivity index (χ1n) is 9.20. The zero-order chi connectivity index (χ0) is 21.8. The van der Waals surface area contributed by atoms with Gasteiger partial charge in [-0.3, -0.25) is 9.59 Å². The van der Waals surface area contributed by atoms with Gasteiger partial charge in [0.1, 0.15) is 6.07 Å². The highest BCUT2D eigenvalue weighted by Crippen LogP contribution is 2.24. The van der Waals surface area contributed by atoms with Gasteiger partial charge >= 0.3 is 0 Å². The van der Waals surface area contributed by atoms with Gasteiger partial charge in [-0.05, 0) is 49.7 Å². The molecule has 0 atom stereocenters. The minimum Gasteiger partial charge on any atom is -0.368 e. The number of aryl methyl sites for hydroxylation is 1. The zero-order valence-electron chi connectivity index (χ0n) is 16.6. The van der Waals surface area contributed by atoms with E-state index < -0.39 is 5.91 Å². The molecule has 0 aliphatic carbocycles. The Morgan fingerprint density at radius 2 is 1.90 bits per heavy atom. The Hall–Kier alpha value is -3.63. The molecule has 2 amide bonds. The van der Waals surface area contributed by atoms with Crippen LogP contribution in [0.2, 0.25) is 5.02 Å². The number of benzene rings is 2.